The molecule has 17 heavy (non-hydrogen) atoms. The Hall–Kier alpha value is -2.49. The summed E-state index contributed by atoms with van der Waals surface area (Å²) in [5, 5.41) is 13.8. The molecule has 1 aromatic heterocycles. The maximum Gasteiger partial charge on any atom is 0.348 e. The molecule has 1 heterocycles. The first-order valence-electron chi connectivity index (χ1n) is 4.59. The van der Waals surface area contributed by atoms with Crippen molar-refractivity contribution >= 4 is 0 Å². The fourth-order valence-electron chi connectivity index (χ4n) is 1.39. The zero-order chi connectivity index (χ0) is 12.4. The second-order valence-electron chi connectivity index (χ2n) is 3.18. The van der Waals surface area contributed by atoms with E-state index in [9.17, 15) is 13.6 Å². The van der Waals surface area contributed by atoms with E-state index in [1.165, 1.54) is 24.3 Å². The van der Waals surface area contributed by atoms with Crippen LogP contribution in [0.1, 0.15) is 17.8 Å². The largest absolute Gasteiger partial charge is 0.348 e. The SMILES string of the molecule is N#Cc1ccc(-n2c(C(F)F)n[nH]c2=O)cc1. The first kappa shape index (κ1) is 11.0. The van der Waals surface area contributed by atoms with E-state index in [4.69, 9.17) is 5.26 Å². The minimum atomic E-state index is -2.86. The van der Waals surface area contributed by atoms with Crippen molar-refractivity contribution in [3.8, 4) is 11.8 Å². The van der Waals surface area contributed by atoms with Crippen LogP contribution in [0.3, 0.4) is 0 Å². The first-order valence-corrected chi connectivity index (χ1v) is 4.59. The quantitative estimate of drug-likeness (QED) is 0.855. The smallest absolute Gasteiger partial charge is 0.246 e. The molecule has 1 N–H and O–H groups in total. The summed E-state index contributed by atoms with van der Waals surface area (Å²) < 4.78 is 25.9. The number of alkyl halides is 2. The van der Waals surface area contributed by atoms with Gasteiger partial charge in [-0.3, -0.25) is 0 Å². The van der Waals surface area contributed by atoms with Crippen LogP contribution in [-0.4, -0.2) is 14.8 Å². The summed E-state index contributed by atoms with van der Waals surface area (Å²) in [6.45, 7) is 0. The van der Waals surface area contributed by atoms with Gasteiger partial charge < -0.3 is 0 Å². The van der Waals surface area contributed by atoms with E-state index in [0.717, 1.165) is 4.57 Å². The fourth-order valence-corrected chi connectivity index (χ4v) is 1.39. The van der Waals surface area contributed by atoms with Gasteiger partial charge in [-0.15, -0.1) is 0 Å². The lowest BCUT2D eigenvalue weighted by molar-refractivity contribution is 0.138. The fraction of sp³-hybridized carbons (Fsp3) is 0.100. The van der Waals surface area contributed by atoms with Crippen molar-refractivity contribution in [1.29, 1.82) is 5.26 Å². The van der Waals surface area contributed by atoms with Gasteiger partial charge in [-0.05, 0) is 24.3 Å². The van der Waals surface area contributed by atoms with Crippen LogP contribution in [0, 0.1) is 11.3 Å². The Bertz CT molecular complexity index is 621. The van der Waals surface area contributed by atoms with E-state index >= 15 is 0 Å². The third-order valence-corrected chi connectivity index (χ3v) is 2.15. The number of nitrogens with one attached hydrogen (secondary N) is 1. The maximum atomic E-state index is 12.6. The van der Waals surface area contributed by atoms with Gasteiger partial charge in [-0.2, -0.15) is 10.4 Å². The molecule has 0 unspecified atom stereocenters. The lowest BCUT2D eigenvalue weighted by Crippen LogP contribution is -2.17. The standard InChI is InChI=1S/C10H6F2N4O/c11-8(12)9-14-15-10(17)16(9)7-3-1-6(5-13)2-4-7/h1-4,8H,(H,15,17). The molecule has 0 radical (unpaired) electrons. The molecule has 0 aliphatic rings. The van der Waals surface area contributed by atoms with Gasteiger partial charge >= 0.3 is 5.69 Å². The summed E-state index contributed by atoms with van der Waals surface area (Å²) in [6.07, 6.45) is -2.86. The number of aromatic amines is 1. The molecule has 5 nitrogen and oxygen atoms in total. The van der Waals surface area contributed by atoms with Gasteiger partial charge in [0.05, 0.1) is 17.3 Å². The Labute approximate surface area is 93.9 Å². The van der Waals surface area contributed by atoms with Crippen molar-refractivity contribution in [2.45, 2.75) is 6.43 Å². The summed E-state index contributed by atoms with van der Waals surface area (Å²) in [7, 11) is 0. The Balaban J connectivity index is 2.56. The second-order valence-corrected chi connectivity index (χ2v) is 3.18. The Morgan fingerprint density at radius 1 is 1.35 bits per heavy atom. The van der Waals surface area contributed by atoms with Crippen LogP contribution in [-0.2, 0) is 0 Å². The molecule has 1 aromatic carbocycles. The van der Waals surface area contributed by atoms with E-state index in [2.05, 4.69) is 5.10 Å². The lowest BCUT2D eigenvalue weighted by atomic mass is 10.2. The van der Waals surface area contributed by atoms with Gasteiger partial charge in [-0.25, -0.2) is 23.2 Å². The molecule has 2 aromatic rings. The van der Waals surface area contributed by atoms with Crippen LogP contribution < -0.4 is 5.69 Å². The number of H-pyrrole nitrogens is 1. The van der Waals surface area contributed by atoms with E-state index in [1.54, 1.807) is 0 Å². The number of nitrogens with zero attached hydrogens (tertiary/aromatic N) is 3. The van der Waals surface area contributed by atoms with E-state index in [0.29, 0.717) is 5.56 Å². The summed E-state index contributed by atoms with van der Waals surface area (Å²) in [5.74, 6) is -0.653. The summed E-state index contributed by atoms with van der Waals surface area (Å²) >= 11 is 0. The van der Waals surface area contributed by atoms with Gasteiger partial charge in [0.2, 0.25) is 5.82 Å². The highest BCUT2D eigenvalue weighted by molar-refractivity contribution is 5.39. The highest BCUT2D eigenvalue weighted by atomic mass is 19.3. The monoisotopic (exact) mass is 236 g/mol. The Morgan fingerprint density at radius 3 is 2.53 bits per heavy atom. The van der Waals surface area contributed by atoms with Gasteiger partial charge in [0.15, 0.2) is 0 Å². The van der Waals surface area contributed by atoms with Crippen molar-refractivity contribution in [3.63, 3.8) is 0 Å². The molecule has 0 spiro atoms. The number of hydrogen-bond acceptors (Lipinski definition) is 3. The number of aromatic nitrogens is 3. The third kappa shape index (κ3) is 1.92. The summed E-state index contributed by atoms with van der Waals surface area (Å²) in [5.41, 5.74) is -0.132. The normalized spacial score (nSPS) is 10.5. The average molecular weight is 236 g/mol. The highest BCUT2D eigenvalue weighted by Gasteiger charge is 2.18. The van der Waals surface area contributed by atoms with Crippen LogP contribution in [0.2, 0.25) is 0 Å². The molecular weight excluding hydrogens is 230 g/mol. The van der Waals surface area contributed by atoms with Crippen LogP contribution in [0.5, 0.6) is 0 Å². The van der Waals surface area contributed by atoms with Gasteiger partial charge in [0.25, 0.3) is 6.43 Å². The van der Waals surface area contributed by atoms with E-state index < -0.39 is 17.9 Å². The minimum absolute atomic E-state index is 0.234. The molecule has 0 saturated heterocycles. The molecule has 7 heteroatoms. The van der Waals surface area contributed by atoms with Gasteiger partial charge in [0, 0.05) is 0 Å². The molecule has 0 fully saturated rings. The number of benzene rings is 1. The zero-order valence-electron chi connectivity index (χ0n) is 8.39. The molecule has 0 aliphatic heterocycles. The van der Waals surface area contributed by atoms with E-state index in [1.807, 2.05) is 11.2 Å². The Morgan fingerprint density at radius 2 is 2.00 bits per heavy atom. The van der Waals surface area contributed by atoms with E-state index in [-0.39, 0.29) is 5.69 Å². The number of nitriles is 1. The summed E-state index contributed by atoms with van der Waals surface area (Å²) in [6, 6.07) is 7.57. The number of halogens is 2. The van der Waals surface area contributed by atoms with Crippen LogP contribution in [0.15, 0.2) is 29.1 Å². The minimum Gasteiger partial charge on any atom is -0.246 e. The highest BCUT2D eigenvalue weighted by Crippen LogP contribution is 2.18. The maximum absolute atomic E-state index is 12.6. The predicted molar refractivity (Wildman–Crippen MR) is 53.9 cm³/mol. The average Bonchev–Trinajstić information content (AvgIpc) is 2.71. The molecule has 86 valence electrons. The molecule has 0 saturated carbocycles. The lowest BCUT2D eigenvalue weighted by Gasteiger charge is -2.04. The van der Waals surface area contributed by atoms with Crippen molar-refractivity contribution in [3.05, 3.63) is 46.1 Å². The molecule has 0 amide bonds. The molecular formula is C10H6F2N4O. The van der Waals surface area contributed by atoms with Gasteiger partial charge in [0.1, 0.15) is 0 Å². The van der Waals surface area contributed by atoms with Crippen molar-refractivity contribution < 1.29 is 8.78 Å². The van der Waals surface area contributed by atoms with Crippen molar-refractivity contribution in [1.82, 2.24) is 14.8 Å². The summed E-state index contributed by atoms with van der Waals surface area (Å²) in [4.78, 5) is 11.3. The molecule has 0 atom stereocenters. The topological polar surface area (TPSA) is 74.5 Å². The van der Waals surface area contributed by atoms with Crippen LogP contribution >= 0.6 is 0 Å². The number of hydrogen-bond donors (Lipinski definition) is 1. The molecule has 0 bridgehead atoms. The third-order valence-electron chi connectivity index (χ3n) is 2.15. The zero-order valence-corrected chi connectivity index (χ0v) is 8.39. The Kier molecular flexibility index (Phi) is 2.70. The first-order chi connectivity index (χ1) is 8.13. The van der Waals surface area contributed by atoms with Crippen molar-refractivity contribution in [2.75, 3.05) is 0 Å². The molecule has 2 rings (SSSR count). The molecule has 0 aliphatic carbocycles. The van der Waals surface area contributed by atoms with Crippen LogP contribution in [0.25, 0.3) is 5.69 Å². The number of rotatable bonds is 2. The predicted octanol–water partition coefficient (Wildman–Crippen LogP) is 1.37. The van der Waals surface area contributed by atoms with Crippen molar-refractivity contribution in [2.24, 2.45) is 0 Å². The van der Waals surface area contributed by atoms with Gasteiger partial charge in [-0.1, -0.05) is 0 Å². The van der Waals surface area contributed by atoms with Crippen LogP contribution in [0.4, 0.5) is 8.78 Å². The second kappa shape index (κ2) is 4.17.